The molecule has 0 aliphatic carbocycles. The van der Waals surface area contributed by atoms with Crippen LogP contribution >= 0.6 is 0 Å². The second-order valence-corrected chi connectivity index (χ2v) is 6.19. The molecule has 1 aromatic carbocycles. The highest BCUT2D eigenvalue weighted by atomic mass is 19.4. The summed E-state index contributed by atoms with van der Waals surface area (Å²) in [5.74, 6) is -1.51. The topological polar surface area (TPSA) is 70.7 Å². The zero-order chi connectivity index (χ0) is 18.9. The highest BCUT2D eigenvalue weighted by molar-refractivity contribution is 5.95. The second-order valence-electron chi connectivity index (χ2n) is 6.19. The number of carboxylic acid groups (broad SMARTS) is 1. The molecule has 5 nitrogen and oxygen atoms in total. The van der Waals surface area contributed by atoms with Crippen LogP contribution < -0.4 is 0 Å². The lowest BCUT2D eigenvalue weighted by molar-refractivity contribution is -0.137. The van der Waals surface area contributed by atoms with Gasteiger partial charge in [-0.1, -0.05) is 12.1 Å². The van der Waals surface area contributed by atoms with Crippen molar-refractivity contribution in [3.8, 4) is 0 Å². The van der Waals surface area contributed by atoms with Crippen LogP contribution in [-0.2, 0) is 6.18 Å². The summed E-state index contributed by atoms with van der Waals surface area (Å²) < 4.78 is 42.9. The van der Waals surface area contributed by atoms with Gasteiger partial charge in [-0.05, 0) is 36.5 Å². The number of carboxylic acids is 1. The largest absolute Gasteiger partial charge is 0.478 e. The first-order chi connectivity index (χ1) is 12.3. The van der Waals surface area contributed by atoms with Crippen molar-refractivity contribution in [3.05, 3.63) is 59.0 Å². The molecule has 3 rings (SSSR count). The molecule has 1 amide bonds. The average Bonchev–Trinajstić information content (AvgIpc) is 3.11. The molecular weight excluding hydrogens is 351 g/mol. The van der Waals surface area contributed by atoms with Crippen LogP contribution in [0.5, 0.6) is 0 Å². The molecule has 0 saturated carbocycles. The lowest BCUT2D eigenvalue weighted by atomic mass is 9.89. The molecule has 0 bridgehead atoms. The van der Waals surface area contributed by atoms with Crippen LogP contribution in [0.1, 0.15) is 50.8 Å². The van der Waals surface area contributed by atoms with Crippen molar-refractivity contribution in [3.63, 3.8) is 0 Å². The number of rotatable bonds is 3. The number of hydrogen-bond acceptors (Lipinski definition) is 3. The monoisotopic (exact) mass is 367 g/mol. The number of alkyl halides is 3. The van der Waals surface area contributed by atoms with Crippen molar-refractivity contribution in [1.82, 2.24) is 4.90 Å². The van der Waals surface area contributed by atoms with E-state index in [9.17, 15) is 22.8 Å². The molecule has 1 N–H and O–H groups in total. The Kier molecular flexibility index (Phi) is 4.76. The fourth-order valence-corrected chi connectivity index (χ4v) is 3.08. The number of carbonyl (C=O) groups excluding carboxylic acids is 1. The molecule has 2 heterocycles. The van der Waals surface area contributed by atoms with Crippen LogP contribution in [0.2, 0.25) is 0 Å². The number of aromatic carboxylic acids is 1. The summed E-state index contributed by atoms with van der Waals surface area (Å²) in [5.41, 5.74) is 0.0465. The van der Waals surface area contributed by atoms with E-state index in [0.29, 0.717) is 25.9 Å². The van der Waals surface area contributed by atoms with Crippen molar-refractivity contribution in [2.45, 2.75) is 24.9 Å². The van der Waals surface area contributed by atoms with Crippen LogP contribution in [0.4, 0.5) is 13.2 Å². The summed E-state index contributed by atoms with van der Waals surface area (Å²) in [6.45, 7) is 0.848. The Labute approximate surface area is 147 Å². The van der Waals surface area contributed by atoms with E-state index >= 15 is 0 Å². The number of likely N-dealkylation sites (tertiary alicyclic amines) is 1. The maximum atomic E-state index is 12.6. The minimum Gasteiger partial charge on any atom is -0.478 e. The van der Waals surface area contributed by atoms with E-state index in [2.05, 4.69) is 0 Å². The van der Waals surface area contributed by atoms with E-state index in [-0.39, 0.29) is 23.1 Å². The molecule has 26 heavy (non-hydrogen) atoms. The molecular formula is C18H16F3NO4. The molecule has 0 atom stereocenters. The number of benzene rings is 1. The smallest absolute Gasteiger partial charge is 0.416 e. The first-order valence-corrected chi connectivity index (χ1v) is 8.04. The van der Waals surface area contributed by atoms with Crippen LogP contribution in [0.25, 0.3) is 0 Å². The number of furan rings is 1. The van der Waals surface area contributed by atoms with Crippen molar-refractivity contribution in [2.75, 3.05) is 13.1 Å². The van der Waals surface area contributed by atoms with E-state index in [0.717, 1.165) is 24.0 Å². The van der Waals surface area contributed by atoms with Gasteiger partial charge in [-0.15, -0.1) is 0 Å². The number of carbonyl (C=O) groups is 2. The molecule has 1 aliphatic heterocycles. The van der Waals surface area contributed by atoms with Gasteiger partial charge in [0.1, 0.15) is 6.26 Å². The third-order valence-electron chi connectivity index (χ3n) is 4.55. The van der Waals surface area contributed by atoms with Crippen LogP contribution in [0, 0.1) is 0 Å². The quantitative estimate of drug-likeness (QED) is 0.890. The molecule has 1 saturated heterocycles. The van der Waals surface area contributed by atoms with Gasteiger partial charge >= 0.3 is 12.1 Å². The summed E-state index contributed by atoms with van der Waals surface area (Å²) in [7, 11) is 0. The molecule has 0 unspecified atom stereocenters. The van der Waals surface area contributed by atoms with Crippen LogP contribution in [0.3, 0.4) is 0 Å². The van der Waals surface area contributed by atoms with Gasteiger partial charge in [0.05, 0.1) is 11.1 Å². The minimum absolute atomic E-state index is 0.0321. The summed E-state index contributed by atoms with van der Waals surface area (Å²) in [6, 6.07) is 6.30. The number of halogens is 3. The van der Waals surface area contributed by atoms with Crippen molar-refractivity contribution < 1.29 is 32.3 Å². The van der Waals surface area contributed by atoms with E-state index in [1.807, 2.05) is 0 Å². The maximum Gasteiger partial charge on any atom is 0.416 e. The molecule has 1 fully saturated rings. The number of amides is 1. The first-order valence-electron chi connectivity index (χ1n) is 8.04. The van der Waals surface area contributed by atoms with Crippen LogP contribution in [0.15, 0.2) is 41.0 Å². The fourth-order valence-electron chi connectivity index (χ4n) is 3.08. The van der Waals surface area contributed by atoms with E-state index < -0.39 is 17.7 Å². The number of nitrogens with zero attached hydrogens (tertiary/aromatic N) is 1. The van der Waals surface area contributed by atoms with Gasteiger partial charge in [0.15, 0.2) is 5.76 Å². The minimum atomic E-state index is -4.36. The predicted octanol–water partition coefficient (Wildman–Crippen LogP) is 4.02. The van der Waals surface area contributed by atoms with Gasteiger partial charge in [-0.2, -0.15) is 13.2 Å². The molecule has 2 aromatic rings. The Morgan fingerprint density at radius 1 is 1.12 bits per heavy atom. The molecule has 138 valence electrons. The van der Waals surface area contributed by atoms with Gasteiger partial charge in [-0.25, -0.2) is 4.79 Å². The Morgan fingerprint density at radius 2 is 1.73 bits per heavy atom. The summed E-state index contributed by atoms with van der Waals surface area (Å²) >= 11 is 0. The SMILES string of the molecule is O=C(O)c1coc(C(=O)N2CCC(c3ccc(C(F)(F)F)cc3)CC2)c1. The Balaban J connectivity index is 1.61. The lowest BCUT2D eigenvalue weighted by Gasteiger charge is -2.31. The predicted molar refractivity (Wildman–Crippen MR) is 85.0 cm³/mol. The average molecular weight is 367 g/mol. The normalized spacial score (nSPS) is 15.9. The summed E-state index contributed by atoms with van der Waals surface area (Å²) in [4.78, 5) is 24.8. The van der Waals surface area contributed by atoms with Gasteiger partial charge < -0.3 is 14.4 Å². The van der Waals surface area contributed by atoms with E-state index in [4.69, 9.17) is 9.52 Å². The molecule has 1 aromatic heterocycles. The molecule has 8 heteroatoms. The number of hydrogen-bond donors (Lipinski definition) is 1. The van der Waals surface area contributed by atoms with Gasteiger partial charge in [0.2, 0.25) is 0 Å². The Bertz CT molecular complexity index is 803. The summed E-state index contributed by atoms with van der Waals surface area (Å²) in [6.07, 6.45) is -2.11. The highest BCUT2D eigenvalue weighted by Gasteiger charge is 2.31. The fraction of sp³-hybridized carbons (Fsp3) is 0.333. The third-order valence-corrected chi connectivity index (χ3v) is 4.55. The Hall–Kier alpha value is -2.77. The van der Waals surface area contributed by atoms with Gasteiger partial charge in [0.25, 0.3) is 5.91 Å². The van der Waals surface area contributed by atoms with Gasteiger partial charge in [0, 0.05) is 19.2 Å². The molecule has 0 spiro atoms. The number of piperidine rings is 1. The second kappa shape index (κ2) is 6.86. The van der Waals surface area contributed by atoms with E-state index in [1.54, 1.807) is 4.90 Å². The molecule has 1 aliphatic rings. The zero-order valence-electron chi connectivity index (χ0n) is 13.6. The van der Waals surface area contributed by atoms with Gasteiger partial charge in [-0.3, -0.25) is 4.79 Å². The molecule has 0 radical (unpaired) electrons. The standard InChI is InChI=1S/C18H16F3NO4/c19-18(20,21)14-3-1-11(2-4-14)12-5-7-22(8-6-12)16(23)15-9-13(10-26-15)17(24)25/h1-4,9-10,12H,5-8H2,(H,24,25). The maximum absolute atomic E-state index is 12.6. The van der Waals surface area contributed by atoms with Crippen molar-refractivity contribution in [1.29, 1.82) is 0 Å². The van der Waals surface area contributed by atoms with Crippen molar-refractivity contribution in [2.24, 2.45) is 0 Å². The first kappa shape index (κ1) is 18.0. The van der Waals surface area contributed by atoms with Crippen molar-refractivity contribution >= 4 is 11.9 Å². The zero-order valence-corrected chi connectivity index (χ0v) is 13.6. The Morgan fingerprint density at radius 3 is 2.23 bits per heavy atom. The lowest BCUT2D eigenvalue weighted by Crippen LogP contribution is -2.37. The summed E-state index contributed by atoms with van der Waals surface area (Å²) in [5, 5.41) is 8.87. The van der Waals surface area contributed by atoms with E-state index in [1.165, 1.54) is 18.2 Å². The highest BCUT2D eigenvalue weighted by Crippen LogP contribution is 2.33. The van der Waals surface area contributed by atoms with Crippen LogP contribution in [-0.4, -0.2) is 35.0 Å². The third kappa shape index (κ3) is 3.74.